The minimum Gasteiger partial charge on any atom is -0.465 e. The molecule has 0 saturated carbocycles. The molecule has 0 unspecified atom stereocenters. The lowest BCUT2D eigenvalue weighted by Gasteiger charge is -2.11. The largest absolute Gasteiger partial charge is 0.465 e. The summed E-state index contributed by atoms with van der Waals surface area (Å²) in [6, 6.07) is 16.4. The summed E-state index contributed by atoms with van der Waals surface area (Å²) >= 11 is 6.84. The third kappa shape index (κ3) is 4.67. The van der Waals surface area contributed by atoms with Crippen molar-refractivity contribution in [2.45, 2.75) is 6.92 Å². The number of rotatable bonds is 5. The molecule has 154 valence electrons. The molecule has 1 heterocycles. The molecule has 0 radical (unpaired) electrons. The normalized spacial score (nSPS) is 10.2. The van der Waals surface area contributed by atoms with Gasteiger partial charge >= 0.3 is 11.9 Å². The lowest BCUT2D eigenvalue weighted by Crippen LogP contribution is -2.20. The highest BCUT2D eigenvalue weighted by molar-refractivity contribution is 7.80. The molecule has 0 aliphatic rings. The SMILES string of the molecule is COC(=O)c1ccc(NC(=S)Nc2sc(C)c(-c3ccccc3)c2C(=O)OC)cc1. The summed E-state index contributed by atoms with van der Waals surface area (Å²) in [5, 5.41) is 7.06. The van der Waals surface area contributed by atoms with Crippen molar-refractivity contribution in [2.24, 2.45) is 0 Å². The van der Waals surface area contributed by atoms with Crippen LogP contribution in [0.5, 0.6) is 0 Å². The van der Waals surface area contributed by atoms with Crippen LogP contribution < -0.4 is 10.6 Å². The monoisotopic (exact) mass is 440 g/mol. The van der Waals surface area contributed by atoms with Gasteiger partial charge in [0.1, 0.15) is 10.6 Å². The van der Waals surface area contributed by atoms with Gasteiger partial charge in [0.15, 0.2) is 5.11 Å². The predicted molar refractivity (Wildman–Crippen MR) is 123 cm³/mol. The van der Waals surface area contributed by atoms with E-state index >= 15 is 0 Å². The number of aryl methyl sites for hydroxylation is 1. The van der Waals surface area contributed by atoms with Gasteiger partial charge in [-0.15, -0.1) is 11.3 Å². The van der Waals surface area contributed by atoms with Gasteiger partial charge in [-0.25, -0.2) is 9.59 Å². The smallest absolute Gasteiger partial charge is 0.341 e. The topological polar surface area (TPSA) is 76.7 Å². The van der Waals surface area contributed by atoms with E-state index in [9.17, 15) is 9.59 Å². The first-order chi connectivity index (χ1) is 14.4. The van der Waals surface area contributed by atoms with Crippen molar-refractivity contribution < 1.29 is 19.1 Å². The summed E-state index contributed by atoms with van der Waals surface area (Å²) in [5.74, 6) is -0.849. The molecule has 0 amide bonds. The number of carbonyl (C=O) groups excluding carboxylic acids is 2. The second-order valence-corrected chi connectivity index (χ2v) is 7.88. The fourth-order valence-electron chi connectivity index (χ4n) is 2.95. The van der Waals surface area contributed by atoms with Gasteiger partial charge in [0.25, 0.3) is 0 Å². The fraction of sp³-hybridized carbons (Fsp3) is 0.136. The fourth-order valence-corrected chi connectivity index (χ4v) is 4.31. The van der Waals surface area contributed by atoms with Crippen molar-refractivity contribution in [1.29, 1.82) is 0 Å². The van der Waals surface area contributed by atoms with Crippen LogP contribution >= 0.6 is 23.6 Å². The Morgan fingerprint density at radius 2 is 1.53 bits per heavy atom. The summed E-state index contributed by atoms with van der Waals surface area (Å²) in [5.41, 5.74) is 3.32. The van der Waals surface area contributed by atoms with Gasteiger partial charge in [-0.05, 0) is 49.0 Å². The average molecular weight is 441 g/mol. The first-order valence-electron chi connectivity index (χ1n) is 8.98. The number of nitrogens with one attached hydrogen (secondary N) is 2. The van der Waals surface area contributed by atoms with E-state index in [-0.39, 0.29) is 0 Å². The standard InChI is InChI=1S/C22H20N2O4S2/c1-13-17(14-7-5-4-6-8-14)18(21(26)28-3)19(30-13)24-22(29)23-16-11-9-15(10-12-16)20(25)27-2/h4-12H,1-3H3,(H2,23,24,29). The molecule has 0 atom stereocenters. The van der Waals surface area contributed by atoms with Crippen LogP contribution in [0.15, 0.2) is 54.6 Å². The molecule has 0 saturated heterocycles. The molecular formula is C22H20N2O4S2. The minimum absolute atomic E-state index is 0.312. The summed E-state index contributed by atoms with van der Waals surface area (Å²) in [6.07, 6.45) is 0. The van der Waals surface area contributed by atoms with Gasteiger partial charge in [-0.2, -0.15) is 0 Å². The van der Waals surface area contributed by atoms with E-state index in [2.05, 4.69) is 10.6 Å². The van der Waals surface area contributed by atoms with Gasteiger partial charge in [0.2, 0.25) is 0 Å². The number of thiophene rings is 1. The van der Waals surface area contributed by atoms with Crippen molar-refractivity contribution in [3.05, 3.63) is 70.6 Å². The van der Waals surface area contributed by atoms with E-state index < -0.39 is 11.9 Å². The number of hydrogen-bond donors (Lipinski definition) is 2. The first-order valence-corrected chi connectivity index (χ1v) is 10.2. The summed E-state index contributed by atoms with van der Waals surface area (Å²) in [7, 11) is 2.69. The molecule has 3 rings (SSSR count). The van der Waals surface area contributed by atoms with E-state index in [1.807, 2.05) is 37.3 Å². The number of hydrogen-bond acceptors (Lipinski definition) is 6. The highest BCUT2D eigenvalue weighted by Gasteiger charge is 2.24. The number of thiocarbonyl (C=S) groups is 1. The van der Waals surface area contributed by atoms with Crippen molar-refractivity contribution in [2.75, 3.05) is 24.9 Å². The molecule has 0 aliphatic heterocycles. The average Bonchev–Trinajstić information content (AvgIpc) is 3.09. The number of methoxy groups -OCH3 is 2. The maximum atomic E-state index is 12.5. The van der Waals surface area contributed by atoms with Crippen LogP contribution in [0, 0.1) is 6.92 Å². The molecule has 0 bridgehead atoms. The molecule has 8 heteroatoms. The Labute approximate surface area is 183 Å². The molecule has 0 aliphatic carbocycles. The summed E-state index contributed by atoms with van der Waals surface area (Å²) in [6.45, 7) is 1.95. The second-order valence-electron chi connectivity index (χ2n) is 6.24. The molecule has 3 aromatic rings. The molecule has 2 aromatic carbocycles. The zero-order chi connectivity index (χ0) is 21.7. The zero-order valence-electron chi connectivity index (χ0n) is 16.6. The molecule has 0 fully saturated rings. The molecule has 30 heavy (non-hydrogen) atoms. The molecule has 1 aromatic heterocycles. The van der Waals surface area contributed by atoms with E-state index in [1.54, 1.807) is 24.3 Å². The maximum absolute atomic E-state index is 12.5. The van der Waals surface area contributed by atoms with Gasteiger partial charge in [-0.1, -0.05) is 30.3 Å². The van der Waals surface area contributed by atoms with Gasteiger partial charge < -0.3 is 20.1 Å². The van der Waals surface area contributed by atoms with Crippen molar-refractivity contribution >= 4 is 51.3 Å². The Balaban J connectivity index is 1.85. The van der Waals surface area contributed by atoms with E-state index in [4.69, 9.17) is 21.7 Å². The Morgan fingerprint density at radius 3 is 2.13 bits per heavy atom. The van der Waals surface area contributed by atoms with Crippen molar-refractivity contribution in [3.63, 3.8) is 0 Å². The van der Waals surface area contributed by atoms with Crippen LogP contribution in [0.25, 0.3) is 11.1 Å². The lowest BCUT2D eigenvalue weighted by molar-refractivity contribution is 0.0593. The van der Waals surface area contributed by atoms with E-state index in [0.717, 1.165) is 16.0 Å². The Bertz CT molecular complexity index is 1080. The third-order valence-corrected chi connectivity index (χ3v) is 5.55. The lowest BCUT2D eigenvalue weighted by atomic mass is 10.0. The minimum atomic E-state index is -0.439. The van der Waals surface area contributed by atoms with E-state index in [1.165, 1.54) is 25.6 Å². The Hall–Kier alpha value is -3.23. The van der Waals surface area contributed by atoms with Crippen LogP contribution in [0.1, 0.15) is 25.6 Å². The summed E-state index contributed by atoms with van der Waals surface area (Å²) in [4.78, 5) is 25.1. The molecule has 2 N–H and O–H groups in total. The number of esters is 2. The van der Waals surface area contributed by atoms with Gasteiger partial charge in [0, 0.05) is 16.1 Å². The number of carbonyl (C=O) groups is 2. The number of ether oxygens (including phenoxy) is 2. The Morgan fingerprint density at radius 1 is 0.900 bits per heavy atom. The third-order valence-electron chi connectivity index (χ3n) is 4.33. The van der Waals surface area contributed by atoms with Crippen molar-refractivity contribution in [3.8, 4) is 11.1 Å². The predicted octanol–water partition coefficient (Wildman–Crippen LogP) is 5.11. The second kappa shape index (κ2) is 9.51. The van der Waals surface area contributed by atoms with Crippen LogP contribution in [-0.2, 0) is 9.47 Å². The van der Waals surface area contributed by atoms with Crippen LogP contribution in [0.4, 0.5) is 10.7 Å². The molecule has 6 nitrogen and oxygen atoms in total. The maximum Gasteiger partial charge on any atom is 0.341 e. The van der Waals surface area contributed by atoms with Crippen LogP contribution in [0.2, 0.25) is 0 Å². The highest BCUT2D eigenvalue weighted by atomic mass is 32.1. The van der Waals surface area contributed by atoms with Gasteiger partial charge in [0.05, 0.1) is 19.8 Å². The number of anilines is 2. The Kier molecular flexibility index (Phi) is 6.81. The van der Waals surface area contributed by atoms with E-state index in [0.29, 0.717) is 26.9 Å². The van der Waals surface area contributed by atoms with Crippen LogP contribution in [0.3, 0.4) is 0 Å². The molecule has 0 spiro atoms. The quantitative estimate of drug-likeness (QED) is 0.422. The van der Waals surface area contributed by atoms with Gasteiger partial charge in [-0.3, -0.25) is 0 Å². The highest BCUT2D eigenvalue weighted by Crippen LogP contribution is 2.40. The molecular weight excluding hydrogens is 420 g/mol. The first kappa shape index (κ1) is 21.5. The summed E-state index contributed by atoms with van der Waals surface area (Å²) < 4.78 is 9.71. The number of benzene rings is 2. The zero-order valence-corrected chi connectivity index (χ0v) is 18.3. The van der Waals surface area contributed by atoms with Crippen LogP contribution in [-0.4, -0.2) is 31.3 Å². The van der Waals surface area contributed by atoms with Crippen molar-refractivity contribution in [1.82, 2.24) is 0 Å².